The van der Waals surface area contributed by atoms with Crippen LogP contribution >= 0.6 is 0 Å². The summed E-state index contributed by atoms with van der Waals surface area (Å²) in [6.45, 7) is 0. The van der Waals surface area contributed by atoms with Gasteiger partial charge in [-0.25, -0.2) is 0 Å². The lowest BCUT2D eigenvalue weighted by Crippen LogP contribution is -2.63. The maximum atomic E-state index is 10.9. The molecule has 0 aromatic rings. The molecule has 5 aliphatic carbocycles. The molecule has 32 heavy (non-hydrogen) atoms. The fraction of sp³-hybridized carbons (Fsp3) is 1.00. The predicted molar refractivity (Wildman–Crippen MR) is 137 cm³/mol. The molecule has 0 spiro atoms. The molecule has 0 aliphatic heterocycles. The lowest BCUT2D eigenvalue weighted by atomic mass is 9.31. The van der Waals surface area contributed by atoms with Gasteiger partial charge < -0.3 is 5.02 Å². The minimum atomic E-state index is 0.398. The molecule has 0 amide bonds. The third kappa shape index (κ3) is 3.76. The van der Waals surface area contributed by atoms with E-state index in [0.717, 1.165) is 11.8 Å². The normalized spacial score (nSPS) is 37.1. The summed E-state index contributed by atoms with van der Waals surface area (Å²) in [5, 5.41) is 10.9. The average Bonchev–Trinajstić information content (AvgIpc) is 2.90. The van der Waals surface area contributed by atoms with E-state index in [4.69, 9.17) is 0 Å². The van der Waals surface area contributed by atoms with Gasteiger partial charge in [-0.1, -0.05) is 96.3 Å². The van der Waals surface area contributed by atoms with Crippen molar-refractivity contribution in [1.82, 2.24) is 0 Å². The Morgan fingerprint density at radius 1 is 0.469 bits per heavy atom. The van der Waals surface area contributed by atoms with Gasteiger partial charge in [0.2, 0.25) is 0 Å². The summed E-state index contributed by atoms with van der Waals surface area (Å²) in [6, 6.07) is 0. The Kier molecular flexibility index (Phi) is 7.67. The van der Waals surface area contributed by atoms with Crippen LogP contribution in [-0.4, -0.2) is 12.5 Å². The van der Waals surface area contributed by atoms with Gasteiger partial charge >= 0.3 is 0 Å². The second-order valence-electron chi connectivity index (χ2n) is 13.1. The van der Waals surface area contributed by atoms with E-state index in [1.54, 1.807) is 7.48 Å². The Balaban J connectivity index is 1.67. The van der Waals surface area contributed by atoms with E-state index in [1.165, 1.54) is 154 Å². The lowest BCUT2D eigenvalue weighted by Gasteiger charge is -2.71. The summed E-state index contributed by atoms with van der Waals surface area (Å²) < 4.78 is 0. The molecule has 1 N–H and O–H groups in total. The molecule has 0 heterocycles. The highest BCUT2D eigenvalue weighted by Crippen LogP contribution is 2.76. The van der Waals surface area contributed by atoms with E-state index in [-0.39, 0.29) is 0 Å². The molecule has 5 aliphatic rings. The van der Waals surface area contributed by atoms with Gasteiger partial charge in [0.25, 0.3) is 7.48 Å². The van der Waals surface area contributed by atoms with Crippen LogP contribution in [0.2, 0.25) is 5.82 Å². The van der Waals surface area contributed by atoms with Crippen molar-refractivity contribution in [2.75, 3.05) is 0 Å². The molecule has 1 nitrogen and oxygen atoms in total. The van der Waals surface area contributed by atoms with Gasteiger partial charge in [0.1, 0.15) is 0 Å². The van der Waals surface area contributed by atoms with Crippen molar-refractivity contribution in [3.63, 3.8) is 0 Å². The summed E-state index contributed by atoms with van der Waals surface area (Å²) in [4.78, 5) is 0. The van der Waals surface area contributed by atoms with E-state index in [0.29, 0.717) is 22.1 Å². The van der Waals surface area contributed by atoms with Gasteiger partial charge in [-0.15, -0.1) is 0 Å². The third-order valence-corrected chi connectivity index (χ3v) is 12.2. The molecule has 5 saturated carbocycles. The predicted octanol–water partition coefficient (Wildman–Crippen LogP) is 9.01. The van der Waals surface area contributed by atoms with Crippen molar-refractivity contribution in [1.29, 1.82) is 0 Å². The van der Waals surface area contributed by atoms with Crippen molar-refractivity contribution in [2.24, 2.45) is 28.1 Å². The molecule has 0 aromatic carbocycles. The Bertz CT molecular complexity index is 578. The molecular formula is C30H52BO. The van der Waals surface area contributed by atoms with Crippen LogP contribution in [-0.2, 0) is 0 Å². The largest absolute Gasteiger partial charge is 0.454 e. The molecule has 2 unspecified atom stereocenters. The molecule has 0 saturated heterocycles. The lowest BCUT2D eigenvalue weighted by molar-refractivity contribution is -0.206. The second-order valence-corrected chi connectivity index (χ2v) is 13.1. The fourth-order valence-corrected chi connectivity index (χ4v) is 11.2. The molecule has 5 fully saturated rings. The number of hydrogen-bond acceptors (Lipinski definition) is 1. The molecular weight excluding hydrogens is 387 g/mol. The molecule has 0 bridgehead atoms. The average molecular weight is 440 g/mol. The van der Waals surface area contributed by atoms with Gasteiger partial charge in [-0.3, -0.25) is 0 Å². The van der Waals surface area contributed by atoms with Gasteiger partial charge in [-0.2, -0.15) is 0 Å². The van der Waals surface area contributed by atoms with Gasteiger partial charge in [0, 0.05) is 0 Å². The topological polar surface area (TPSA) is 20.2 Å². The zero-order chi connectivity index (χ0) is 21.9. The minimum absolute atomic E-state index is 0.398. The maximum absolute atomic E-state index is 10.9. The molecule has 0 aromatic heterocycles. The fourth-order valence-electron chi connectivity index (χ4n) is 11.2. The summed E-state index contributed by atoms with van der Waals surface area (Å²) in [5.74, 6) is 2.33. The first-order chi connectivity index (χ1) is 15.8. The van der Waals surface area contributed by atoms with Crippen LogP contribution in [0.5, 0.6) is 0 Å². The van der Waals surface area contributed by atoms with E-state index in [2.05, 4.69) is 0 Å². The van der Waals surface area contributed by atoms with Crippen LogP contribution in [0.1, 0.15) is 154 Å². The quantitative estimate of drug-likeness (QED) is 0.424. The highest BCUT2D eigenvalue weighted by Gasteiger charge is 2.67. The Labute approximate surface area is 200 Å². The van der Waals surface area contributed by atoms with Crippen LogP contribution in [0, 0.1) is 28.1 Å². The van der Waals surface area contributed by atoms with Crippen LogP contribution in [0.3, 0.4) is 0 Å². The Morgan fingerprint density at radius 2 is 0.938 bits per heavy atom. The van der Waals surface area contributed by atoms with Crippen molar-refractivity contribution >= 4 is 7.48 Å². The summed E-state index contributed by atoms with van der Waals surface area (Å²) in [7, 11) is 1.78. The van der Waals surface area contributed by atoms with E-state index < -0.39 is 0 Å². The monoisotopic (exact) mass is 439 g/mol. The zero-order valence-corrected chi connectivity index (χ0v) is 21.2. The third-order valence-electron chi connectivity index (χ3n) is 12.2. The highest BCUT2D eigenvalue weighted by molar-refractivity contribution is 6.28. The molecule has 2 atom stereocenters. The first-order valence-electron chi connectivity index (χ1n) is 15.3. The SMILES string of the molecule is O[B]C1CCCCC1(C1CCCCC1)C1(C2(C3CCCCC3)CCCCC2)CCCCC1. The van der Waals surface area contributed by atoms with Gasteiger partial charge in [0.15, 0.2) is 0 Å². The number of hydrogen-bond donors (Lipinski definition) is 1. The Hall–Kier alpha value is 0.0249. The Morgan fingerprint density at radius 3 is 1.53 bits per heavy atom. The molecule has 1 radical (unpaired) electrons. The smallest absolute Gasteiger partial charge is 0.291 e. The first kappa shape index (κ1) is 23.8. The maximum Gasteiger partial charge on any atom is 0.291 e. The summed E-state index contributed by atoms with van der Waals surface area (Å²) in [5.41, 5.74) is 1.49. The van der Waals surface area contributed by atoms with E-state index in [1.807, 2.05) is 0 Å². The summed E-state index contributed by atoms with van der Waals surface area (Å²) in [6.07, 6.45) is 35.3. The van der Waals surface area contributed by atoms with Crippen LogP contribution in [0.25, 0.3) is 0 Å². The molecule has 5 rings (SSSR count). The van der Waals surface area contributed by atoms with Crippen molar-refractivity contribution in [3.05, 3.63) is 0 Å². The minimum Gasteiger partial charge on any atom is -0.454 e. The second kappa shape index (κ2) is 10.3. The zero-order valence-electron chi connectivity index (χ0n) is 21.2. The van der Waals surface area contributed by atoms with E-state index in [9.17, 15) is 5.02 Å². The van der Waals surface area contributed by atoms with Gasteiger partial charge in [0.05, 0.1) is 0 Å². The van der Waals surface area contributed by atoms with Crippen LogP contribution in [0.15, 0.2) is 0 Å². The van der Waals surface area contributed by atoms with Crippen molar-refractivity contribution in [2.45, 2.75) is 160 Å². The number of rotatable bonds is 5. The van der Waals surface area contributed by atoms with Crippen LogP contribution < -0.4 is 0 Å². The first-order valence-corrected chi connectivity index (χ1v) is 15.3. The van der Waals surface area contributed by atoms with Crippen LogP contribution in [0.4, 0.5) is 0 Å². The summed E-state index contributed by atoms with van der Waals surface area (Å²) >= 11 is 0. The highest BCUT2D eigenvalue weighted by atomic mass is 16.2. The standard InChI is InChI=1S/C30H52BO/c32-31-27-19-9-14-24-30(27,26-17-7-2-8-18-26)29(22-12-4-13-23-29)28(20-10-3-11-21-28)25-15-5-1-6-16-25/h25-27,32H,1-24H2. The molecule has 2 heteroatoms. The molecule has 181 valence electrons. The van der Waals surface area contributed by atoms with E-state index >= 15 is 0 Å². The van der Waals surface area contributed by atoms with Crippen molar-refractivity contribution in [3.8, 4) is 0 Å². The van der Waals surface area contributed by atoms with Gasteiger partial charge in [-0.05, 0) is 91.7 Å². The van der Waals surface area contributed by atoms with Crippen molar-refractivity contribution < 1.29 is 5.02 Å².